The third kappa shape index (κ3) is 2.09. The fourth-order valence-electron chi connectivity index (χ4n) is 1.08. The van der Waals surface area contributed by atoms with Gasteiger partial charge in [0.15, 0.2) is 0 Å². The average molecular weight is 169 g/mol. The van der Waals surface area contributed by atoms with E-state index in [1.807, 2.05) is 19.1 Å². The van der Waals surface area contributed by atoms with E-state index < -0.39 is 5.60 Å². The quantitative estimate of drug-likeness (QED) is 0.704. The summed E-state index contributed by atoms with van der Waals surface area (Å²) >= 11 is 0. The molecule has 3 N–H and O–H groups in total. The molecule has 3 heteroatoms. The molecule has 0 fully saturated rings. The molecule has 0 aliphatic carbocycles. The highest BCUT2D eigenvalue weighted by atomic mass is 16.3. The molecule has 0 aliphatic heterocycles. The van der Waals surface area contributed by atoms with Gasteiger partial charge < -0.3 is 15.3 Å². The second-order valence-electron chi connectivity index (χ2n) is 3.04. The maximum Gasteiger partial charge on any atom is 0.106 e. The Morgan fingerprint density at radius 1 is 1.67 bits per heavy atom. The van der Waals surface area contributed by atoms with E-state index in [4.69, 9.17) is 10.2 Å². The van der Waals surface area contributed by atoms with Gasteiger partial charge in [0.25, 0.3) is 0 Å². The van der Waals surface area contributed by atoms with Crippen molar-refractivity contribution >= 4 is 0 Å². The van der Waals surface area contributed by atoms with Crippen LogP contribution in [0.5, 0.6) is 0 Å². The van der Waals surface area contributed by atoms with E-state index in [9.17, 15) is 5.11 Å². The molecular formula is C9H15NO2. The van der Waals surface area contributed by atoms with Gasteiger partial charge in [0, 0.05) is 13.0 Å². The molecule has 1 aromatic heterocycles. The molecule has 0 aromatic carbocycles. The minimum atomic E-state index is -0.808. The fraction of sp³-hybridized carbons (Fsp3) is 0.556. The Balaban J connectivity index is 2.60. The lowest BCUT2D eigenvalue weighted by Gasteiger charge is -2.23. The molecule has 1 rings (SSSR count). The van der Waals surface area contributed by atoms with E-state index in [-0.39, 0.29) is 6.54 Å². The molecule has 1 atom stereocenters. The first kappa shape index (κ1) is 9.29. The van der Waals surface area contributed by atoms with E-state index in [2.05, 4.69) is 0 Å². The van der Waals surface area contributed by atoms with Gasteiger partial charge in [0.2, 0.25) is 0 Å². The number of hydrogen-bond donors (Lipinski definition) is 2. The van der Waals surface area contributed by atoms with E-state index in [1.165, 1.54) is 0 Å². The van der Waals surface area contributed by atoms with Crippen LogP contribution in [-0.4, -0.2) is 17.3 Å². The highest BCUT2D eigenvalue weighted by Crippen LogP contribution is 2.15. The van der Waals surface area contributed by atoms with Crippen LogP contribution in [-0.2, 0) is 6.42 Å². The normalized spacial score (nSPS) is 15.9. The van der Waals surface area contributed by atoms with Crippen molar-refractivity contribution in [1.29, 1.82) is 0 Å². The first-order chi connectivity index (χ1) is 5.70. The van der Waals surface area contributed by atoms with Gasteiger partial charge in [-0.1, -0.05) is 6.92 Å². The summed E-state index contributed by atoms with van der Waals surface area (Å²) in [5.41, 5.74) is 4.63. The fourth-order valence-corrected chi connectivity index (χ4v) is 1.08. The molecule has 1 heterocycles. The summed E-state index contributed by atoms with van der Waals surface area (Å²) in [5, 5.41) is 9.82. The van der Waals surface area contributed by atoms with Crippen molar-refractivity contribution in [2.45, 2.75) is 25.4 Å². The molecule has 68 valence electrons. The number of nitrogens with two attached hydrogens (primary N) is 1. The maximum atomic E-state index is 9.82. The van der Waals surface area contributed by atoms with Gasteiger partial charge in [-0.3, -0.25) is 0 Å². The number of furan rings is 1. The van der Waals surface area contributed by atoms with Crippen molar-refractivity contribution in [3.63, 3.8) is 0 Å². The predicted molar refractivity (Wildman–Crippen MR) is 46.7 cm³/mol. The summed E-state index contributed by atoms with van der Waals surface area (Å²) in [7, 11) is 0. The zero-order valence-electron chi connectivity index (χ0n) is 7.29. The van der Waals surface area contributed by atoms with Crippen LogP contribution in [0.15, 0.2) is 22.8 Å². The SMILES string of the molecule is CCC(O)(CN)Cc1ccco1. The molecule has 0 spiro atoms. The van der Waals surface area contributed by atoms with Crippen molar-refractivity contribution in [2.24, 2.45) is 5.73 Å². The van der Waals surface area contributed by atoms with Crippen LogP contribution in [0.25, 0.3) is 0 Å². The Bertz CT molecular complexity index is 214. The highest BCUT2D eigenvalue weighted by molar-refractivity contribution is 5.03. The van der Waals surface area contributed by atoms with Crippen LogP contribution in [0.3, 0.4) is 0 Å². The molecule has 0 saturated carbocycles. The maximum absolute atomic E-state index is 9.82. The van der Waals surface area contributed by atoms with Crippen molar-refractivity contribution in [1.82, 2.24) is 0 Å². The van der Waals surface area contributed by atoms with Crippen LogP contribution >= 0.6 is 0 Å². The lowest BCUT2D eigenvalue weighted by molar-refractivity contribution is 0.0406. The Labute approximate surface area is 72.2 Å². The third-order valence-corrected chi connectivity index (χ3v) is 2.12. The summed E-state index contributed by atoms with van der Waals surface area (Å²) < 4.78 is 5.12. The standard InChI is InChI=1S/C9H15NO2/c1-2-9(11,7-10)6-8-4-3-5-12-8/h3-5,11H,2,6-7,10H2,1H3. The number of hydrogen-bond acceptors (Lipinski definition) is 3. The van der Waals surface area contributed by atoms with Gasteiger partial charge in [-0.2, -0.15) is 0 Å². The third-order valence-electron chi connectivity index (χ3n) is 2.12. The van der Waals surface area contributed by atoms with Crippen LogP contribution in [0.4, 0.5) is 0 Å². The number of aliphatic hydroxyl groups is 1. The van der Waals surface area contributed by atoms with Crippen molar-refractivity contribution < 1.29 is 9.52 Å². The van der Waals surface area contributed by atoms with Gasteiger partial charge in [-0.25, -0.2) is 0 Å². The van der Waals surface area contributed by atoms with Crippen molar-refractivity contribution in [3.8, 4) is 0 Å². The van der Waals surface area contributed by atoms with Crippen molar-refractivity contribution in [2.75, 3.05) is 6.54 Å². The number of rotatable bonds is 4. The highest BCUT2D eigenvalue weighted by Gasteiger charge is 2.24. The van der Waals surface area contributed by atoms with Crippen LogP contribution in [0.1, 0.15) is 19.1 Å². The molecule has 1 unspecified atom stereocenters. The van der Waals surface area contributed by atoms with Gasteiger partial charge >= 0.3 is 0 Å². The van der Waals surface area contributed by atoms with Gasteiger partial charge in [-0.15, -0.1) is 0 Å². The average Bonchev–Trinajstić information content (AvgIpc) is 2.57. The Hall–Kier alpha value is -0.800. The molecule has 0 saturated heterocycles. The molecule has 0 amide bonds. The Kier molecular flexibility index (Phi) is 2.89. The smallest absolute Gasteiger partial charge is 0.106 e. The molecule has 1 aromatic rings. The minimum absolute atomic E-state index is 0.268. The largest absolute Gasteiger partial charge is 0.469 e. The first-order valence-electron chi connectivity index (χ1n) is 4.15. The summed E-state index contributed by atoms with van der Waals surface area (Å²) in [6, 6.07) is 3.65. The zero-order chi connectivity index (χ0) is 9.03. The van der Waals surface area contributed by atoms with Crippen LogP contribution in [0, 0.1) is 0 Å². The molecule has 3 nitrogen and oxygen atoms in total. The first-order valence-corrected chi connectivity index (χ1v) is 4.15. The Morgan fingerprint density at radius 2 is 2.42 bits per heavy atom. The van der Waals surface area contributed by atoms with Crippen LogP contribution < -0.4 is 5.73 Å². The molecule has 0 bridgehead atoms. The second kappa shape index (κ2) is 3.74. The lowest BCUT2D eigenvalue weighted by Crippen LogP contribution is -2.39. The van der Waals surface area contributed by atoms with Gasteiger partial charge in [-0.05, 0) is 18.6 Å². The van der Waals surface area contributed by atoms with E-state index in [1.54, 1.807) is 6.26 Å². The van der Waals surface area contributed by atoms with E-state index >= 15 is 0 Å². The zero-order valence-corrected chi connectivity index (χ0v) is 7.29. The Morgan fingerprint density at radius 3 is 2.83 bits per heavy atom. The predicted octanol–water partition coefficient (Wildman–Crippen LogP) is 0.922. The van der Waals surface area contributed by atoms with Crippen LogP contribution in [0.2, 0.25) is 0 Å². The van der Waals surface area contributed by atoms with E-state index in [0.29, 0.717) is 12.8 Å². The van der Waals surface area contributed by atoms with E-state index in [0.717, 1.165) is 5.76 Å². The topological polar surface area (TPSA) is 59.4 Å². The summed E-state index contributed by atoms with van der Waals surface area (Å²) in [4.78, 5) is 0. The monoisotopic (exact) mass is 169 g/mol. The molecule has 0 radical (unpaired) electrons. The summed E-state index contributed by atoms with van der Waals surface area (Å²) in [5.74, 6) is 0.782. The summed E-state index contributed by atoms with van der Waals surface area (Å²) in [6.45, 7) is 2.18. The minimum Gasteiger partial charge on any atom is -0.469 e. The lowest BCUT2D eigenvalue weighted by atomic mass is 9.95. The van der Waals surface area contributed by atoms with Gasteiger partial charge in [0.1, 0.15) is 5.76 Å². The van der Waals surface area contributed by atoms with Gasteiger partial charge in [0.05, 0.1) is 11.9 Å². The summed E-state index contributed by atoms with van der Waals surface area (Å²) in [6.07, 6.45) is 2.74. The molecular weight excluding hydrogens is 154 g/mol. The molecule has 12 heavy (non-hydrogen) atoms. The molecule has 0 aliphatic rings. The van der Waals surface area contributed by atoms with Crippen molar-refractivity contribution in [3.05, 3.63) is 24.2 Å². The second-order valence-corrected chi connectivity index (χ2v) is 3.04.